The van der Waals surface area contributed by atoms with Gasteiger partial charge in [0.05, 0.1) is 35.1 Å². The fourth-order valence-corrected chi connectivity index (χ4v) is 4.63. The van der Waals surface area contributed by atoms with Crippen molar-refractivity contribution >= 4 is 11.6 Å². The van der Waals surface area contributed by atoms with Crippen molar-refractivity contribution in [1.82, 2.24) is 4.98 Å². The van der Waals surface area contributed by atoms with Crippen LogP contribution < -0.4 is 0 Å². The molecule has 1 aromatic heterocycles. The van der Waals surface area contributed by atoms with Crippen molar-refractivity contribution in [3.8, 4) is 6.07 Å². The molecule has 5 heteroatoms. The summed E-state index contributed by atoms with van der Waals surface area (Å²) >= 11 is 6.06. The minimum absolute atomic E-state index is 0.0276. The van der Waals surface area contributed by atoms with Crippen LogP contribution in [0.1, 0.15) is 45.1 Å². The zero-order valence-corrected chi connectivity index (χ0v) is 13.9. The largest absolute Gasteiger partial charge is 0.632 e. The van der Waals surface area contributed by atoms with Crippen molar-refractivity contribution in [3.05, 3.63) is 34.3 Å². The molecule has 1 aromatic rings. The van der Waals surface area contributed by atoms with Gasteiger partial charge in [0.15, 0.2) is 0 Å². The Labute approximate surface area is 136 Å². The van der Waals surface area contributed by atoms with Crippen molar-refractivity contribution in [2.75, 3.05) is 6.54 Å². The van der Waals surface area contributed by atoms with E-state index >= 15 is 0 Å². The number of aromatic nitrogens is 1. The number of quaternary nitrogens is 1. The van der Waals surface area contributed by atoms with E-state index in [1.165, 1.54) is 0 Å². The van der Waals surface area contributed by atoms with Crippen LogP contribution in [-0.2, 0) is 5.41 Å². The Balaban J connectivity index is 1.95. The van der Waals surface area contributed by atoms with E-state index in [1.807, 2.05) is 6.07 Å². The summed E-state index contributed by atoms with van der Waals surface area (Å²) in [5.74, 6) is 0.378. The van der Waals surface area contributed by atoms with E-state index in [4.69, 9.17) is 11.6 Å². The summed E-state index contributed by atoms with van der Waals surface area (Å²) in [6, 6.07) is 4.40. The highest BCUT2D eigenvalue weighted by Gasteiger charge is 2.56. The lowest BCUT2D eigenvalue weighted by Crippen LogP contribution is -2.60. The predicted octanol–water partition coefficient (Wildman–Crippen LogP) is 3.79. The lowest BCUT2D eigenvalue weighted by molar-refractivity contribution is -0.924. The standard InChI is InChI=1S/C17H22ClN3O/c1-12(2)10-21(22)15-3-4-16(21)7-17(6-15,11-19)13-5-14(18)9-20-8-13/h5,8-9,12,15-16H,3-4,6-7,10H2,1-2H3. The van der Waals surface area contributed by atoms with E-state index in [2.05, 4.69) is 24.9 Å². The quantitative estimate of drug-likeness (QED) is 0.629. The summed E-state index contributed by atoms with van der Waals surface area (Å²) in [7, 11) is 0. The second-order valence-corrected chi connectivity index (χ2v) is 7.75. The van der Waals surface area contributed by atoms with E-state index in [9.17, 15) is 10.5 Å². The Morgan fingerprint density at radius 2 is 2.05 bits per heavy atom. The SMILES string of the molecule is CC(C)C[N+]1([O-])C2CCC1CC(C#N)(c1cncc(Cl)c1)C2. The molecule has 2 bridgehead atoms. The first-order valence-corrected chi connectivity index (χ1v) is 8.38. The number of pyridine rings is 1. The van der Waals surface area contributed by atoms with Gasteiger partial charge in [-0.05, 0) is 11.6 Å². The van der Waals surface area contributed by atoms with E-state index in [1.54, 1.807) is 12.4 Å². The number of nitrogens with zero attached hydrogens (tertiary/aromatic N) is 3. The Hall–Kier alpha value is -1.15. The summed E-state index contributed by atoms with van der Waals surface area (Å²) in [5, 5.41) is 23.8. The van der Waals surface area contributed by atoms with Crippen molar-refractivity contribution < 1.29 is 4.65 Å². The van der Waals surface area contributed by atoms with Gasteiger partial charge in [-0.15, -0.1) is 0 Å². The van der Waals surface area contributed by atoms with E-state index in [0.717, 1.165) is 18.4 Å². The van der Waals surface area contributed by atoms with E-state index in [0.29, 0.717) is 30.3 Å². The van der Waals surface area contributed by atoms with Gasteiger partial charge in [0.2, 0.25) is 0 Å². The molecule has 2 aliphatic heterocycles. The zero-order valence-electron chi connectivity index (χ0n) is 13.1. The predicted molar refractivity (Wildman–Crippen MR) is 85.9 cm³/mol. The minimum Gasteiger partial charge on any atom is -0.632 e. The maximum Gasteiger partial charge on any atom is 0.0950 e. The Kier molecular flexibility index (Phi) is 3.92. The third-order valence-electron chi connectivity index (χ3n) is 5.36. The molecule has 3 rings (SSSR count). The molecule has 0 aromatic carbocycles. The molecule has 2 unspecified atom stereocenters. The number of halogens is 1. The van der Waals surface area contributed by atoms with Crippen molar-refractivity contribution in [1.29, 1.82) is 5.26 Å². The third kappa shape index (κ3) is 2.42. The van der Waals surface area contributed by atoms with Gasteiger partial charge < -0.3 is 9.85 Å². The first kappa shape index (κ1) is 15.7. The number of rotatable bonds is 3. The van der Waals surface area contributed by atoms with Gasteiger partial charge in [-0.3, -0.25) is 4.98 Å². The topological polar surface area (TPSA) is 59.7 Å². The monoisotopic (exact) mass is 319 g/mol. The van der Waals surface area contributed by atoms with Crippen LogP contribution in [0.15, 0.2) is 18.5 Å². The molecule has 2 aliphatic rings. The summed E-state index contributed by atoms with van der Waals surface area (Å²) in [6.45, 7) is 4.86. The van der Waals surface area contributed by atoms with Gasteiger partial charge >= 0.3 is 0 Å². The van der Waals surface area contributed by atoms with Crippen LogP contribution >= 0.6 is 11.6 Å². The average molecular weight is 320 g/mol. The molecule has 118 valence electrons. The third-order valence-corrected chi connectivity index (χ3v) is 5.57. The summed E-state index contributed by atoms with van der Waals surface area (Å²) in [6.07, 6.45) is 6.43. The average Bonchev–Trinajstić information content (AvgIpc) is 2.65. The Morgan fingerprint density at radius 1 is 1.41 bits per heavy atom. The van der Waals surface area contributed by atoms with Gasteiger partial charge in [0.1, 0.15) is 0 Å². The molecular weight excluding hydrogens is 298 g/mol. The van der Waals surface area contributed by atoms with Crippen LogP contribution in [0.2, 0.25) is 5.02 Å². The summed E-state index contributed by atoms with van der Waals surface area (Å²) in [5.41, 5.74) is 0.266. The number of piperidine rings is 1. The van der Waals surface area contributed by atoms with Crippen molar-refractivity contribution in [2.45, 2.75) is 57.0 Å². The summed E-state index contributed by atoms with van der Waals surface area (Å²) in [4.78, 5) is 4.14. The lowest BCUT2D eigenvalue weighted by atomic mass is 9.71. The maximum atomic E-state index is 13.3. The molecule has 3 heterocycles. The van der Waals surface area contributed by atoms with Gasteiger partial charge in [-0.1, -0.05) is 25.4 Å². The fourth-order valence-electron chi connectivity index (χ4n) is 4.45. The zero-order chi connectivity index (χ0) is 16.0. The second-order valence-electron chi connectivity index (χ2n) is 7.31. The van der Waals surface area contributed by atoms with Crippen molar-refractivity contribution in [2.24, 2.45) is 5.92 Å². The first-order valence-electron chi connectivity index (χ1n) is 8.00. The molecule has 4 nitrogen and oxygen atoms in total. The highest BCUT2D eigenvalue weighted by molar-refractivity contribution is 6.30. The highest BCUT2D eigenvalue weighted by Crippen LogP contribution is 2.51. The molecule has 0 N–H and O–H groups in total. The molecule has 2 fully saturated rings. The van der Waals surface area contributed by atoms with Crippen LogP contribution in [-0.4, -0.2) is 28.3 Å². The van der Waals surface area contributed by atoms with Crippen LogP contribution in [0, 0.1) is 22.5 Å². The van der Waals surface area contributed by atoms with Gasteiger partial charge in [-0.2, -0.15) is 5.26 Å². The normalized spacial score (nSPS) is 37.3. The van der Waals surface area contributed by atoms with E-state index < -0.39 is 5.41 Å². The summed E-state index contributed by atoms with van der Waals surface area (Å²) < 4.78 is -0.102. The first-order chi connectivity index (χ1) is 10.4. The van der Waals surface area contributed by atoms with Crippen LogP contribution in [0.4, 0.5) is 0 Å². The molecular formula is C17H22ClN3O. The number of hydrogen-bond donors (Lipinski definition) is 0. The van der Waals surface area contributed by atoms with Gasteiger partial charge in [0.25, 0.3) is 0 Å². The minimum atomic E-state index is -0.604. The molecule has 0 spiro atoms. The molecule has 0 radical (unpaired) electrons. The lowest BCUT2D eigenvalue weighted by Gasteiger charge is -2.56. The van der Waals surface area contributed by atoms with Crippen LogP contribution in [0.3, 0.4) is 0 Å². The van der Waals surface area contributed by atoms with E-state index in [-0.39, 0.29) is 16.7 Å². The fraction of sp³-hybridized carbons (Fsp3) is 0.647. The number of hydrogen-bond acceptors (Lipinski definition) is 3. The Morgan fingerprint density at radius 3 is 2.55 bits per heavy atom. The molecule has 0 amide bonds. The number of hydroxylamine groups is 3. The molecule has 0 aliphatic carbocycles. The number of fused-ring (bicyclic) bond motifs is 2. The van der Waals surface area contributed by atoms with Crippen molar-refractivity contribution in [3.63, 3.8) is 0 Å². The second kappa shape index (κ2) is 5.49. The van der Waals surface area contributed by atoms with Gasteiger partial charge in [-0.25, -0.2) is 0 Å². The molecule has 0 saturated carbocycles. The van der Waals surface area contributed by atoms with Gasteiger partial charge in [0, 0.05) is 44.0 Å². The molecule has 22 heavy (non-hydrogen) atoms. The Bertz CT molecular complexity index is 596. The van der Waals surface area contributed by atoms with Crippen LogP contribution in [0.5, 0.6) is 0 Å². The highest BCUT2D eigenvalue weighted by atomic mass is 35.5. The molecule has 2 atom stereocenters. The molecule has 2 saturated heterocycles. The number of nitriles is 1. The smallest absolute Gasteiger partial charge is 0.0950 e. The maximum absolute atomic E-state index is 13.3. The van der Waals surface area contributed by atoms with Crippen LogP contribution in [0.25, 0.3) is 0 Å².